The Morgan fingerprint density at radius 3 is 3.16 bits per heavy atom. The van der Waals surface area contributed by atoms with Crippen LogP contribution >= 0.6 is 0 Å². The van der Waals surface area contributed by atoms with Crippen molar-refractivity contribution in [1.82, 2.24) is 19.9 Å². The van der Waals surface area contributed by atoms with Gasteiger partial charge in [-0.2, -0.15) is 5.26 Å². The molecule has 4 rings (SSSR count). The Balaban J connectivity index is 1.68. The molecule has 1 fully saturated rings. The summed E-state index contributed by atoms with van der Waals surface area (Å²) in [5, 5.41) is 11.0. The van der Waals surface area contributed by atoms with Crippen molar-refractivity contribution in [1.29, 1.82) is 5.26 Å². The number of likely N-dealkylation sites (tertiary alicyclic amines) is 1. The Morgan fingerprint density at radius 1 is 1.40 bits per heavy atom. The number of rotatable bonds is 4. The monoisotopic (exact) mass is 335 g/mol. The molecule has 1 atom stereocenters. The van der Waals surface area contributed by atoms with Crippen molar-refractivity contribution in [2.45, 2.75) is 32.2 Å². The standard InChI is InChI=1S/C19H21N5O/c1-2-24-8-4-3-5-14(24)12-25-17-6-7-21-19-18(17)15-9-13(10-20)22-11-16(15)23-19/h6-7,9,11,14H,2-5,8,12H2,1H3,(H,21,23). The zero-order valence-electron chi connectivity index (χ0n) is 14.3. The zero-order valence-corrected chi connectivity index (χ0v) is 14.3. The number of nitriles is 1. The van der Waals surface area contributed by atoms with Gasteiger partial charge >= 0.3 is 0 Å². The number of aromatic nitrogens is 3. The van der Waals surface area contributed by atoms with E-state index in [9.17, 15) is 0 Å². The van der Waals surface area contributed by atoms with E-state index in [1.54, 1.807) is 18.5 Å². The van der Waals surface area contributed by atoms with Crippen LogP contribution in [0.2, 0.25) is 0 Å². The molecule has 3 aromatic heterocycles. The molecule has 3 aromatic rings. The highest BCUT2D eigenvalue weighted by Gasteiger charge is 2.22. The molecule has 1 saturated heterocycles. The Kier molecular flexibility index (Phi) is 4.24. The molecule has 6 nitrogen and oxygen atoms in total. The minimum atomic E-state index is 0.396. The van der Waals surface area contributed by atoms with E-state index in [2.05, 4.69) is 32.8 Å². The van der Waals surface area contributed by atoms with Crippen LogP contribution in [-0.2, 0) is 0 Å². The van der Waals surface area contributed by atoms with Crippen LogP contribution in [0.3, 0.4) is 0 Å². The Labute approximate surface area is 146 Å². The van der Waals surface area contributed by atoms with E-state index < -0.39 is 0 Å². The number of fused-ring (bicyclic) bond motifs is 3. The number of hydrogen-bond acceptors (Lipinski definition) is 5. The number of pyridine rings is 2. The van der Waals surface area contributed by atoms with Gasteiger partial charge in [0.25, 0.3) is 0 Å². The van der Waals surface area contributed by atoms with Crippen molar-refractivity contribution in [2.75, 3.05) is 19.7 Å². The predicted molar refractivity (Wildman–Crippen MR) is 96.5 cm³/mol. The molecule has 1 aliphatic rings. The van der Waals surface area contributed by atoms with Crippen molar-refractivity contribution in [3.8, 4) is 11.8 Å². The van der Waals surface area contributed by atoms with E-state index in [0.29, 0.717) is 18.3 Å². The van der Waals surface area contributed by atoms with Crippen molar-refractivity contribution < 1.29 is 4.74 Å². The number of aromatic amines is 1. The zero-order chi connectivity index (χ0) is 17.2. The summed E-state index contributed by atoms with van der Waals surface area (Å²) in [4.78, 5) is 14.3. The summed E-state index contributed by atoms with van der Waals surface area (Å²) in [6, 6.07) is 6.26. The second-order valence-electron chi connectivity index (χ2n) is 6.47. The fourth-order valence-corrected chi connectivity index (χ4v) is 3.72. The van der Waals surface area contributed by atoms with E-state index in [-0.39, 0.29) is 0 Å². The summed E-state index contributed by atoms with van der Waals surface area (Å²) in [6.45, 7) is 5.10. The topological polar surface area (TPSA) is 77.8 Å². The van der Waals surface area contributed by atoms with Crippen molar-refractivity contribution >= 4 is 21.9 Å². The second-order valence-corrected chi connectivity index (χ2v) is 6.47. The van der Waals surface area contributed by atoms with Crippen LogP contribution in [0.4, 0.5) is 0 Å². The van der Waals surface area contributed by atoms with Crippen LogP contribution in [0.1, 0.15) is 31.9 Å². The van der Waals surface area contributed by atoms with Gasteiger partial charge in [0.15, 0.2) is 0 Å². The van der Waals surface area contributed by atoms with Gasteiger partial charge in [-0.3, -0.25) is 4.90 Å². The maximum Gasteiger partial charge on any atom is 0.142 e. The maximum atomic E-state index is 9.13. The highest BCUT2D eigenvalue weighted by Crippen LogP contribution is 2.32. The summed E-state index contributed by atoms with van der Waals surface area (Å²) in [6.07, 6.45) is 7.15. The third kappa shape index (κ3) is 2.92. The molecule has 1 N–H and O–H groups in total. The molecule has 1 aliphatic heterocycles. The first-order valence-corrected chi connectivity index (χ1v) is 8.83. The number of ether oxygens (including phenoxy) is 1. The van der Waals surface area contributed by atoms with Crippen LogP contribution < -0.4 is 4.74 Å². The lowest BCUT2D eigenvalue weighted by Crippen LogP contribution is -2.42. The second kappa shape index (κ2) is 6.69. The Hall–Kier alpha value is -2.65. The minimum absolute atomic E-state index is 0.396. The SMILES string of the molecule is CCN1CCCCC1COc1ccnc2[nH]c3cnc(C#N)cc3c12. The predicted octanol–water partition coefficient (Wildman–Crippen LogP) is 3.24. The van der Waals surface area contributed by atoms with Gasteiger partial charge in [0.1, 0.15) is 29.8 Å². The van der Waals surface area contributed by atoms with Gasteiger partial charge in [-0.15, -0.1) is 0 Å². The molecule has 0 spiro atoms. The van der Waals surface area contributed by atoms with Gasteiger partial charge < -0.3 is 9.72 Å². The minimum Gasteiger partial charge on any atom is -0.491 e. The molecule has 4 heterocycles. The van der Waals surface area contributed by atoms with Gasteiger partial charge in [0, 0.05) is 17.6 Å². The molecule has 128 valence electrons. The Bertz CT molecular complexity index is 942. The summed E-state index contributed by atoms with van der Waals surface area (Å²) in [7, 11) is 0. The van der Waals surface area contributed by atoms with Crippen molar-refractivity contribution in [3.05, 3.63) is 30.2 Å². The lowest BCUT2D eigenvalue weighted by atomic mass is 10.0. The number of piperidine rings is 1. The quantitative estimate of drug-likeness (QED) is 0.792. The average molecular weight is 335 g/mol. The van der Waals surface area contributed by atoms with E-state index in [1.807, 2.05) is 6.07 Å². The fourth-order valence-electron chi connectivity index (χ4n) is 3.72. The largest absolute Gasteiger partial charge is 0.491 e. The summed E-state index contributed by atoms with van der Waals surface area (Å²) in [5.74, 6) is 0.813. The van der Waals surface area contributed by atoms with Gasteiger partial charge in [-0.05, 0) is 38.1 Å². The lowest BCUT2D eigenvalue weighted by Gasteiger charge is -2.34. The van der Waals surface area contributed by atoms with Crippen LogP contribution in [0, 0.1) is 11.3 Å². The van der Waals surface area contributed by atoms with E-state index in [4.69, 9.17) is 10.00 Å². The summed E-state index contributed by atoms with van der Waals surface area (Å²) >= 11 is 0. The van der Waals surface area contributed by atoms with Gasteiger partial charge in [0.05, 0.1) is 17.1 Å². The molecule has 0 amide bonds. The molecule has 6 heteroatoms. The van der Waals surface area contributed by atoms with E-state index in [0.717, 1.165) is 40.8 Å². The van der Waals surface area contributed by atoms with Crippen molar-refractivity contribution in [2.24, 2.45) is 0 Å². The average Bonchev–Trinajstić information content (AvgIpc) is 3.04. The highest BCUT2D eigenvalue weighted by molar-refractivity contribution is 6.09. The first-order valence-electron chi connectivity index (χ1n) is 8.83. The normalized spacial score (nSPS) is 18.5. The molecule has 0 radical (unpaired) electrons. The molecule has 25 heavy (non-hydrogen) atoms. The van der Waals surface area contributed by atoms with E-state index in [1.165, 1.54) is 19.3 Å². The molecule has 0 aliphatic carbocycles. The third-order valence-corrected chi connectivity index (χ3v) is 5.04. The van der Waals surface area contributed by atoms with E-state index >= 15 is 0 Å². The number of nitrogens with one attached hydrogen (secondary N) is 1. The van der Waals surface area contributed by atoms with Gasteiger partial charge in [-0.25, -0.2) is 9.97 Å². The van der Waals surface area contributed by atoms with Gasteiger partial charge in [0.2, 0.25) is 0 Å². The molecule has 0 bridgehead atoms. The summed E-state index contributed by atoms with van der Waals surface area (Å²) in [5.41, 5.74) is 2.03. The number of H-pyrrole nitrogens is 1. The van der Waals surface area contributed by atoms with Crippen molar-refractivity contribution in [3.63, 3.8) is 0 Å². The van der Waals surface area contributed by atoms with Gasteiger partial charge in [-0.1, -0.05) is 13.3 Å². The smallest absolute Gasteiger partial charge is 0.142 e. The Morgan fingerprint density at radius 2 is 2.32 bits per heavy atom. The number of hydrogen-bond donors (Lipinski definition) is 1. The van der Waals surface area contributed by atoms with Crippen LogP contribution in [-0.4, -0.2) is 45.6 Å². The van der Waals surface area contributed by atoms with Crippen LogP contribution in [0.25, 0.3) is 21.9 Å². The maximum absolute atomic E-state index is 9.13. The number of nitrogens with zero attached hydrogens (tertiary/aromatic N) is 4. The highest BCUT2D eigenvalue weighted by atomic mass is 16.5. The first kappa shape index (κ1) is 15.9. The molecule has 1 unspecified atom stereocenters. The first-order chi connectivity index (χ1) is 12.3. The van der Waals surface area contributed by atoms with Crippen LogP contribution in [0.15, 0.2) is 24.5 Å². The molecular weight excluding hydrogens is 314 g/mol. The summed E-state index contributed by atoms with van der Waals surface area (Å²) < 4.78 is 6.23. The molecule has 0 saturated carbocycles. The lowest BCUT2D eigenvalue weighted by molar-refractivity contribution is 0.106. The van der Waals surface area contributed by atoms with Crippen LogP contribution in [0.5, 0.6) is 5.75 Å². The molecular formula is C19H21N5O. The number of likely N-dealkylation sites (N-methyl/N-ethyl adjacent to an activating group) is 1. The molecule has 0 aromatic carbocycles. The fraction of sp³-hybridized carbons (Fsp3) is 0.421. The third-order valence-electron chi connectivity index (χ3n) is 5.04.